The van der Waals surface area contributed by atoms with Crippen LogP contribution in [0.4, 0.5) is 4.79 Å². The van der Waals surface area contributed by atoms with E-state index in [-0.39, 0.29) is 29.9 Å². The van der Waals surface area contributed by atoms with Gasteiger partial charge >= 0.3 is 6.03 Å². The van der Waals surface area contributed by atoms with E-state index in [1.54, 1.807) is 18.4 Å². The molecule has 0 spiro atoms. The molecule has 1 aliphatic carbocycles. The lowest BCUT2D eigenvalue weighted by molar-refractivity contribution is -0.125. The Balaban J connectivity index is 1.57. The van der Waals surface area contributed by atoms with Gasteiger partial charge < -0.3 is 15.5 Å². The Morgan fingerprint density at radius 1 is 1.29 bits per heavy atom. The molecule has 2 aliphatic rings. The summed E-state index contributed by atoms with van der Waals surface area (Å²) in [6, 6.07) is 2.62. The lowest BCUT2D eigenvalue weighted by Gasteiger charge is -2.37. The third-order valence-corrected chi connectivity index (χ3v) is 6.41. The number of amides is 3. The molecular weight excluding hydrogens is 322 g/mol. The van der Waals surface area contributed by atoms with Gasteiger partial charge in [0, 0.05) is 30.4 Å². The highest BCUT2D eigenvalue weighted by Gasteiger charge is 2.32. The molecule has 0 bridgehead atoms. The van der Waals surface area contributed by atoms with Crippen molar-refractivity contribution in [2.24, 2.45) is 5.92 Å². The Labute approximate surface area is 147 Å². The Morgan fingerprint density at radius 2 is 2.04 bits per heavy atom. The Hall–Kier alpha value is -1.56. The maximum absolute atomic E-state index is 12.8. The van der Waals surface area contributed by atoms with E-state index in [2.05, 4.69) is 29.0 Å². The summed E-state index contributed by atoms with van der Waals surface area (Å²) in [4.78, 5) is 27.9. The Bertz CT molecular complexity index is 593. The Morgan fingerprint density at radius 3 is 2.71 bits per heavy atom. The van der Waals surface area contributed by atoms with Crippen molar-refractivity contribution in [1.82, 2.24) is 15.5 Å². The van der Waals surface area contributed by atoms with Gasteiger partial charge in [-0.05, 0) is 55.5 Å². The van der Waals surface area contributed by atoms with Gasteiger partial charge in [-0.3, -0.25) is 4.79 Å². The number of fused-ring (bicyclic) bond motifs is 1. The third kappa shape index (κ3) is 3.43. The highest BCUT2D eigenvalue weighted by atomic mass is 32.1. The number of nitrogens with zero attached hydrogens (tertiary/aromatic N) is 1. The van der Waals surface area contributed by atoms with Gasteiger partial charge in [-0.25, -0.2) is 4.79 Å². The molecule has 1 aromatic rings. The number of hydrogen-bond acceptors (Lipinski definition) is 3. The largest absolute Gasteiger partial charge is 0.359 e. The van der Waals surface area contributed by atoms with Crippen LogP contribution in [0.5, 0.6) is 0 Å². The van der Waals surface area contributed by atoms with E-state index in [1.165, 1.54) is 10.4 Å². The topological polar surface area (TPSA) is 61.4 Å². The van der Waals surface area contributed by atoms with Crippen LogP contribution in [0.1, 0.15) is 55.5 Å². The van der Waals surface area contributed by atoms with Gasteiger partial charge in [0.2, 0.25) is 5.91 Å². The molecule has 1 aliphatic heterocycles. The zero-order valence-electron chi connectivity index (χ0n) is 14.5. The van der Waals surface area contributed by atoms with Gasteiger partial charge in [0.25, 0.3) is 0 Å². The molecule has 1 atom stereocenters. The average molecular weight is 350 g/mol. The van der Waals surface area contributed by atoms with Crippen molar-refractivity contribution in [3.63, 3.8) is 0 Å². The molecule has 1 saturated carbocycles. The van der Waals surface area contributed by atoms with Gasteiger partial charge in [0.15, 0.2) is 0 Å². The molecule has 2 heterocycles. The number of carbonyl (C=O) groups is 2. The predicted molar refractivity (Wildman–Crippen MR) is 96.1 cm³/mol. The summed E-state index contributed by atoms with van der Waals surface area (Å²) < 4.78 is 0. The van der Waals surface area contributed by atoms with Crippen molar-refractivity contribution >= 4 is 23.3 Å². The number of carbonyl (C=O) groups excluding carboxylic acids is 2. The van der Waals surface area contributed by atoms with Gasteiger partial charge in [-0.1, -0.05) is 6.92 Å². The fraction of sp³-hybridized carbons (Fsp3) is 0.667. The molecule has 0 aromatic carbocycles. The second kappa shape index (κ2) is 7.55. The molecule has 1 aromatic heterocycles. The lowest BCUT2D eigenvalue weighted by atomic mass is 9.85. The monoisotopic (exact) mass is 349 g/mol. The summed E-state index contributed by atoms with van der Waals surface area (Å²) >= 11 is 1.80. The van der Waals surface area contributed by atoms with Crippen molar-refractivity contribution < 1.29 is 9.59 Å². The van der Waals surface area contributed by atoms with E-state index in [0.29, 0.717) is 0 Å². The predicted octanol–water partition coefficient (Wildman–Crippen LogP) is 3.07. The van der Waals surface area contributed by atoms with Crippen LogP contribution in [0.3, 0.4) is 0 Å². The van der Waals surface area contributed by atoms with Crippen LogP contribution in [0.2, 0.25) is 0 Å². The molecule has 132 valence electrons. The maximum atomic E-state index is 12.8. The van der Waals surface area contributed by atoms with Crippen molar-refractivity contribution in [2.45, 2.75) is 57.5 Å². The first-order chi connectivity index (χ1) is 11.6. The fourth-order valence-electron chi connectivity index (χ4n) is 4.04. The smallest absolute Gasteiger partial charge is 0.318 e. The molecule has 3 rings (SSSR count). The summed E-state index contributed by atoms with van der Waals surface area (Å²) in [6.45, 7) is 2.94. The number of urea groups is 1. The van der Waals surface area contributed by atoms with Crippen LogP contribution < -0.4 is 10.6 Å². The van der Waals surface area contributed by atoms with Crippen LogP contribution in [-0.2, 0) is 11.2 Å². The molecular formula is C18H27N3O2S. The van der Waals surface area contributed by atoms with Gasteiger partial charge in [-0.2, -0.15) is 0 Å². The van der Waals surface area contributed by atoms with E-state index in [4.69, 9.17) is 0 Å². The number of nitrogens with one attached hydrogen (secondary N) is 2. The number of thiophene rings is 1. The quantitative estimate of drug-likeness (QED) is 0.881. The first kappa shape index (κ1) is 17.3. The van der Waals surface area contributed by atoms with Crippen molar-refractivity contribution in [3.8, 4) is 0 Å². The van der Waals surface area contributed by atoms with Gasteiger partial charge in [-0.15, -0.1) is 11.3 Å². The normalized spacial score (nSPS) is 26.6. The number of rotatable bonds is 3. The van der Waals surface area contributed by atoms with Gasteiger partial charge in [0.05, 0.1) is 6.04 Å². The zero-order valence-corrected chi connectivity index (χ0v) is 15.3. The van der Waals surface area contributed by atoms with Crippen molar-refractivity contribution in [1.29, 1.82) is 0 Å². The summed E-state index contributed by atoms with van der Waals surface area (Å²) in [5.74, 6) is 0.238. The summed E-state index contributed by atoms with van der Waals surface area (Å²) in [6.07, 6.45) is 5.39. The van der Waals surface area contributed by atoms with E-state index < -0.39 is 0 Å². The molecule has 6 heteroatoms. The lowest BCUT2D eigenvalue weighted by Crippen LogP contribution is -2.49. The molecule has 1 unspecified atom stereocenters. The molecule has 1 fully saturated rings. The third-order valence-electron chi connectivity index (χ3n) is 5.41. The minimum absolute atomic E-state index is 0.0575. The SMILES string of the molecule is CCC1c2ccsc2CCN1C(=O)NC1CCC(C(=O)NC)CC1. The second-order valence-electron chi connectivity index (χ2n) is 6.78. The van der Waals surface area contributed by atoms with Crippen LogP contribution >= 0.6 is 11.3 Å². The van der Waals surface area contributed by atoms with Crippen molar-refractivity contribution in [3.05, 3.63) is 21.9 Å². The van der Waals surface area contributed by atoms with E-state index in [9.17, 15) is 9.59 Å². The van der Waals surface area contributed by atoms with Gasteiger partial charge in [0.1, 0.15) is 0 Å². The summed E-state index contributed by atoms with van der Waals surface area (Å²) in [7, 11) is 1.69. The highest BCUT2D eigenvalue weighted by Crippen LogP contribution is 2.35. The molecule has 5 nitrogen and oxygen atoms in total. The molecule has 24 heavy (non-hydrogen) atoms. The standard InChI is InChI=1S/C18H27N3O2S/c1-3-15-14-9-11-24-16(14)8-10-21(15)18(23)20-13-6-4-12(5-7-13)17(22)19-2/h9,11-13,15H,3-8,10H2,1-2H3,(H,19,22)(H,20,23). The fourth-order valence-corrected chi connectivity index (χ4v) is 4.97. The van der Waals surface area contributed by atoms with Crippen LogP contribution in [0.25, 0.3) is 0 Å². The first-order valence-electron chi connectivity index (χ1n) is 8.99. The molecule has 0 saturated heterocycles. The van der Waals surface area contributed by atoms with E-state index in [0.717, 1.165) is 45.1 Å². The maximum Gasteiger partial charge on any atom is 0.318 e. The van der Waals surface area contributed by atoms with E-state index in [1.807, 2.05) is 4.90 Å². The van der Waals surface area contributed by atoms with E-state index >= 15 is 0 Å². The average Bonchev–Trinajstić information content (AvgIpc) is 3.09. The Kier molecular flexibility index (Phi) is 5.43. The number of hydrogen-bond donors (Lipinski definition) is 2. The minimum Gasteiger partial charge on any atom is -0.359 e. The minimum atomic E-state index is 0.0575. The summed E-state index contributed by atoms with van der Waals surface area (Å²) in [5, 5.41) is 8.07. The van der Waals surface area contributed by atoms with Crippen LogP contribution in [0.15, 0.2) is 11.4 Å². The van der Waals surface area contributed by atoms with Crippen molar-refractivity contribution in [2.75, 3.05) is 13.6 Å². The van der Waals surface area contributed by atoms with Crippen LogP contribution in [-0.4, -0.2) is 36.5 Å². The first-order valence-corrected chi connectivity index (χ1v) is 9.87. The molecule has 3 amide bonds. The highest BCUT2D eigenvalue weighted by molar-refractivity contribution is 7.10. The van der Waals surface area contributed by atoms with Crippen LogP contribution in [0, 0.1) is 5.92 Å². The molecule has 2 N–H and O–H groups in total. The second-order valence-corrected chi connectivity index (χ2v) is 7.78. The zero-order chi connectivity index (χ0) is 17.1. The summed E-state index contributed by atoms with van der Waals surface area (Å²) in [5.41, 5.74) is 1.33. The molecule has 0 radical (unpaired) electrons.